The molecule has 0 heterocycles. The topological polar surface area (TPSA) is 103 Å². The minimum absolute atomic E-state index is 0.235. The Kier molecular flexibility index (Phi) is 35.2. The number of carbonyl (C=O) groups is 1. The molecule has 0 aliphatic heterocycles. The van der Waals surface area contributed by atoms with Crippen LogP contribution >= 0.6 is 43.2 Å². The van der Waals surface area contributed by atoms with E-state index < -0.39 is 5.60 Å². The van der Waals surface area contributed by atoms with Gasteiger partial charge in [-0.1, -0.05) is 43.2 Å². The Labute approximate surface area is 328 Å². The zero-order valence-electron chi connectivity index (χ0n) is 34.5. The molecule has 0 bridgehead atoms. The summed E-state index contributed by atoms with van der Waals surface area (Å²) < 4.78 is 38.8. The number of ether oxygens (including phenoxy) is 7. The largest absolute Gasteiger partial charge is 0.444 e. The van der Waals surface area contributed by atoms with Gasteiger partial charge in [0, 0.05) is 55.8 Å². The molecule has 0 aliphatic rings. The van der Waals surface area contributed by atoms with E-state index in [0.29, 0.717) is 72.6 Å². The van der Waals surface area contributed by atoms with Gasteiger partial charge in [0.05, 0.1) is 79.3 Å². The predicted molar refractivity (Wildman–Crippen MR) is 223 cm³/mol. The van der Waals surface area contributed by atoms with E-state index in [4.69, 9.17) is 33.2 Å². The van der Waals surface area contributed by atoms with Gasteiger partial charge in [0.1, 0.15) is 5.60 Å². The number of hydrogen-bond acceptors (Lipinski definition) is 15. The summed E-state index contributed by atoms with van der Waals surface area (Å²) in [6, 6.07) is 0. The van der Waals surface area contributed by atoms with Crippen LogP contribution in [0.25, 0.3) is 0 Å². The molecule has 0 aromatic heterocycles. The number of rotatable bonds is 32. The molecule has 16 heteroatoms. The Morgan fingerprint density at radius 3 is 1.22 bits per heavy atom. The average molecular weight is 809 g/mol. The molecular formula is C35H76N4O8S4. The number of nitrogens with one attached hydrogen (secondary N) is 1. The second-order valence-electron chi connectivity index (χ2n) is 14.2. The van der Waals surface area contributed by atoms with Gasteiger partial charge in [-0.05, 0) is 82.1 Å². The number of likely N-dealkylation sites (N-methyl/N-ethyl adjacent to an activating group) is 4. The van der Waals surface area contributed by atoms with E-state index in [1.165, 1.54) is 4.90 Å². The van der Waals surface area contributed by atoms with E-state index in [0.717, 1.165) is 45.9 Å². The van der Waals surface area contributed by atoms with Gasteiger partial charge in [0.2, 0.25) is 0 Å². The van der Waals surface area contributed by atoms with Crippen molar-refractivity contribution in [2.24, 2.45) is 0 Å². The van der Waals surface area contributed by atoms with Gasteiger partial charge in [-0.2, -0.15) is 0 Å². The molecule has 1 N–H and O–H groups in total. The highest BCUT2D eigenvalue weighted by atomic mass is 33.1. The minimum atomic E-state index is -0.485. The van der Waals surface area contributed by atoms with E-state index in [1.54, 1.807) is 7.05 Å². The van der Waals surface area contributed by atoms with Gasteiger partial charge >= 0.3 is 6.09 Å². The number of hydrogen-bond donors (Lipinski definition) is 1. The molecule has 0 aromatic rings. The molecule has 12 nitrogen and oxygen atoms in total. The second-order valence-corrected chi connectivity index (χ2v) is 20.4. The molecule has 0 saturated carbocycles. The third-order valence-electron chi connectivity index (χ3n) is 6.41. The second kappa shape index (κ2) is 33.6. The molecule has 0 saturated heterocycles. The number of carbonyl (C=O) groups excluding carboxylic acids is 1. The lowest BCUT2D eigenvalue weighted by Gasteiger charge is -2.28. The Morgan fingerprint density at radius 2 is 0.882 bits per heavy atom. The summed E-state index contributed by atoms with van der Waals surface area (Å²) in [5.41, 5.74) is -0.485. The highest BCUT2D eigenvalue weighted by Gasteiger charge is 2.21. The lowest BCUT2D eigenvalue weighted by atomic mass is 10.2. The van der Waals surface area contributed by atoms with Crippen LogP contribution in [0.4, 0.5) is 4.79 Å². The highest BCUT2D eigenvalue weighted by Crippen LogP contribution is 2.34. The lowest BCUT2D eigenvalue weighted by Crippen LogP contribution is -2.36. The molecule has 0 radical (unpaired) electrons. The van der Waals surface area contributed by atoms with Gasteiger partial charge in [-0.25, -0.2) is 4.79 Å². The zero-order chi connectivity index (χ0) is 39.0. The van der Waals surface area contributed by atoms with Crippen molar-refractivity contribution in [2.75, 3.05) is 159 Å². The Balaban J connectivity index is 0. The van der Waals surface area contributed by atoms with Gasteiger partial charge in [-0.15, -0.1) is 0 Å². The van der Waals surface area contributed by atoms with Crippen LogP contribution in [0.5, 0.6) is 0 Å². The summed E-state index contributed by atoms with van der Waals surface area (Å²) in [4.78, 5) is 17.9. The van der Waals surface area contributed by atoms with E-state index >= 15 is 0 Å². The summed E-state index contributed by atoms with van der Waals surface area (Å²) in [6.07, 6.45) is 3.90. The van der Waals surface area contributed by atoms with E-state index in [1.807, 2.05) is 71.0 Å². The maximum absolute atomic E-state index is 11.8. The van der Waals surface area contributed by atoms with Crippen molar-refractivity contribution >= 4 is 49.3 Å². The Morgan fingerprint density at radius 1 is 0.549 bits per heavy atom. The number of amides is 1. The standard InChI is InChI=1S/C20H42N2O5S2.C15H34N2O3S2/c1-19(2,3)27-18(23)22(7)10-12-25-14-16-26-15-13-24-11-9-21(6)17-20(4,5)29-28-8;1-15(2,22-21-5)14-17(4)7-9-19-11-13-20-12-10-18-8-6-16-3/h9-17H2,1-8H3;16H,6-14H2,1-5H3. The fraction of sp³-hybridized carbons (Fsp3) is 0.971. The van der Waals surface area contributed by atoms with Gasteiger partial charge in [0.15, 0.2) is 0 Å². The van der Waals surface area contributed by atoms with Gasteiger partial charge < -0.3 is 53.2 Å². The van der Waals surface area contributed by atoms with Crippen LogP contribution < -0.4 is 5.32 Å². The van der Waals surface area contributed by atoms with Gasteiger partial charge in [-0.3, -0.25) is 0 Å². The van der Waals surface area contributed by atoms with Crippen molar-refractivity contribution in [1.82, 2.24) is 20.0 Å². The first kappa shape index (κ1) is 53.4. The van der Waals surface area contributed by atoms with E-state index in [2.05, 4.69) is 69.4 Å². The van der Waals surface area contributed by atoms with Crippen LogP contribution in [0.2, 0.25) is 0 Å². The highest BCUT2D eigenvalue weighted by molar-refractivity contribution is 8.77. The fourth-order valence-corrected chi connectivity index (χ4v) is 8.77. The summed E-state index contributed by atoms with van der Waals surface area (Å²) in [7, 11) is 15.3. The molecule has 0 atom stereocenters. The molecule has 1 amide bonds. The first-order valence-corrected chi connectivity index (χ1v) is 23.0. The van der Waals surface area contributed by atoms with Crippen LogP contribution in [0.3, 0.4) is 0 Å². The number of nitrogens with zero attached hydrogens (tertiary/aromatic N) is 3. The van der Waals surface area contributed by atoms with Crippen molar-refractivity contribution in [3.05, 3.63) is 0 Å². The van der Waals surface area contributed by atoms with E-state index in [9.17, 15) is 4.79 Å². The average Bonchev–Trinajstić information content (AvgIpc) is 3.01. The summed E-state index contributed by atoms with van der Waals surface area (Å²) >= 11 is 0. The summed E-state index contributed by atoms with van der Waals surface area (Å²) in [5, 5.41) is 3.03. The quantitative estimate of drug-likeness (QED) is 0.0674. The Bertz CT molecular complexity index is 801. The SMILES string of the molecule is CNCCOCCOCCOCCN(C)CC(C)(C)SSC.CSSC(C)(C)CN(C)CCOCCOCCOCCN(C)C(=O)OC(C)(C)C. The predicted octanol–water partition coefficient (Wildman–Crippen LogP) is 5.60. The van der Waals surface area contributed by atoms with Crippen molar-refractivity contribution in [3.8, 4) is 0 Å². The molecule has 0 aromatic carbocycles. The van der Waals surface area contributed by atoms with Crippen molar-refractivity contribution in [2.45, 2.75) is 63.6 Å². The molecule has 0 aliphatic carbocycles. The normalized spacial score (nSPS) is 12.4. The van der Waals surface area contributed by atoms with Crippen molar-refractivity contribution < 1.29 is 38.0 Å². The van der Waals surface area contributed by atoms with Crippen LogP contribution in [-0.2, 0) is 33.2 Å². The lowest BCUT2D eigenvalue weighted by molar-refractivity contribution is 0.00306. The maximum atomic E-state index is 11.8. The molecule has 0 unspecified atom stereocenters. The Hall–Kier alpha value is 0.310. The molecule has 0 spiro atoms. The van der Waals surface area contributed by atoms with Gasteiger partial charge in [0.25, 0.3) is 0 Å². The summed E-state index contributed by atoms with van der Waals surface area (Å²) in [5.74, 6) is 0. The summed E-state index contributed by atoms with van der Waals surface area (Å²) in [6.45, 7) is 27.3. The third-order valence-corrected chi connectivity index (χ3v) is 11.6. The van der Waals surface area contributed by atoms with Crippen LogP contribution in [-0.4, -0.2) is 195 Å². The molecule has 0 rings (SSSR count). The fourth-order valence-electron chi connectivity index (χ4n) is 4.29. The van der Waals surface area contributed by atoms with Crippen molar-refractivity contribution in [3.63, 3.8) is 0 Å². The van der Waals surface area contributed by atoms with Crippen LogP contribution in [0.15, 0.2) is 0 Å². The first-order chi connectivity index (χ1) is 24.0. The third kappa shape index (κ3) is 39.8. The maximum Gasteiger partial charge on any atom is 0.410 e. The van der Waals surface area contributed by atoms with E-state index in [-0.39, 0.29) is 15.6 Å². The van der Waals surface area contributed by atoms with Crippen LogP contribution in [0, 0.1) is 0 Å². The monoisotopic (exact) mass is 808 g/mol. The molecular weight excluding hydrogens is 733 g/mol. The molecule has 0 fully saturated rings. The molecule has 51 heavy (non-hydrogen) atoms. The molecule has 308 valence electrons. The smallest absolute Gasteiger partial charge is 0.410 e. The van der Waals surface area contributed by atoms with Crippen molar-refractivity contribution in [1.29, 1.82) is 0 Å². The first-order valence-electron chi connectivity index (χ1n) is 17.8. The van der Waals surface area contributed by atoms with Crippen LogP contribution in [0.1, 0.15) is 48.5 Å². The minimum Gasteiger partial charge on any atom is -0.444 e. The zero-order valence-corrected chi connectivity index (χ0v) is 37.7.